The number of hydrogen-bond donors (Lipinski definition) is 0. The number of Topliss-reactive ketones (excluding diaryl/α,β-unsaturated/α-hetero) is 1. The van der Waals surface area contributed by atoms with Gasteiger partial charge >= 0.3 is 5.97 Å². The van der Waals surface area contributed by atoms with Gasteiger partial charge in [-0.3, -0.25) is 9.59 Å². The average Bonchev–Trinajstić information content (AvgIpc) is 3.33. The molecule has 0 saturated carbocycles. The van der Waals surface area contributed by atoms with Crippen molar-refractivity contribution in [3.05, 3.63) is 0 Å². The van der Waals surface area contributed by atoms with Gasteiger partial charge in [-0.25, -0.2) is 0 Å². The summed E-state index contributed by atoms with van der Waals surface area (Å²) in [5.41, 5.74) is 0. The average molecular weight is 449 g/mol. The zero-order valence-corrected chi connectivity index (χ0v) is 19.1. The number of esters is 1. The maximum Gasteiger partial charge on any atom is 0.308 e. The lowest BCUT2D eigenvalue weighted by Crippen LogP contribution is -2.40. The standard InChI is InChI=1S/C21H33ClO8/c1-12(21(26-5)10-16-14(30-21)9-18(24)28-16)6-7-13(23)8-15(25-4)19(22)17-11-27-20(2,3)29-17/h12,14-17,19H,6-11H2,1-5H3/t12-,14-,15+,16-,17+,19-,21?/m0/s1. The van der Waals surface area contributed by atoms with Gasteiger partial charge < -0.3 is 28.4 Å². The number of carbonyl (C=O) groups is 2. The molecule has 3 saturated heterocycles. The third-order valence-corrected chi connectivity index (χ3v) is 6.89. The highest BCUT2D eigenvalue weighted by molar-refractivity contribution is 6.21. The molecule has 7 atom stereocenters. The second-order valence-corrected chi connectivity index (χ2v) is 9.38. The molecule has 172 valence electrons. The smallest absolute Gasteiger partial charge is 0.308 e. The van der Waals surface area contributed by atoms with Crippen LogP contribution in [-0.4, -0.2) is 73.9 Å². The number of methoxy groups -OCH3 is 2. The maximum atomic E-state index is 12.6. The van der Waals surface area contributed by atoms with E-state index in [0.717, 1.165) is 0 Å². The first kappa shape index (κ1) is 23.9. The minimum atomic E-state index is -0.841. The largest absolute Gasteiger partial charge is 0.459 e. The summed E-state index contributed by atoms with van der Waals surface area (Å²) in [6, 6.07) is 0. The van der Waals surface area contributed by atoms with E-state index in [0.29, 0.717) is 25.9 Å². The van der Waals surface area contributed by atoms with Gasteiger partial charge in [-0.1, -0.05) is 6.92 Å². The highest BCUT2D eigenvalue weighted by Gasteiger charge is 2.55. The van der Waals surface area contributed by atoms with Crippen molar-refractivity contribution in [2.24, 2.45) is 5.92 Å². The summed E-state index contributed by atoms with van der Waals surface area (Å²) < 4.78 is 33.9. The Morgan fingerprint density at radius 2 is 2.00 bits per heavy atom. The first-order valence-electron chi connectivity index (χ1n) is 10.5. The van der Waals surface area contributed by atoms with E-state index in [9.17, 15) is 9.59 Å². The molecule has 0 N–H and O–H groups in total. The molecule has 30 heavy (non-hydrogen) atoms. The van der Waals surface area contributed by atoms with E-state index >= 15 is 0 Å². The highest BCUT2D eigenvalue weighted by Crippen LogP contribution is 2.44. The van der Waals surface area contributed by atoms with Crippen molar-refractivity contribution < 1.29 is 38.0 Å². The van der Waals surface area contributed by atoms with Crippen LogP contribution in [0.5, 0.6) is 0 Å². The molecule has 0 aliphatic carbocycles. The fourth-order valence-electron chi connectivity index (χ4n) is 4.48. The minimum absolute atomic E-state index is 0.0455. The molecule has 1 unspecified atom stereocenters. The lowest BCUT2D eigenvalue weighted by molar-refractivity contribution is -0.241. The Hall–Kier alpha value is -0.770. The second-order valence-electron chi connectivity index (χ2n) is 8.88. The van der Waals surface area contributed by atoms with E-state index in [2.05, 4.69) is 0 Å². The SMILES string of the molecule is CO[C@H](CC(=O)CC[C@H](C)C1(OC)C[C@@H]2OC(=O)C[C@@H]2O1)[C@H](Cl)[C@H]1COC(C)(C)O1. The van der Waals surface area contributed by atoms with Crippen LogP contribution >= 0.6 is 11.6 Å². The normalized spacial score (nSPS) is 35.7. The molecular weight excluding hydrogens is 416 g/mol. The van der Waals surface area contributed by atoms with Crippen molar-refractivity contribution in [3.63, 3.8) is 0 Å². The Labute approximate surface area is 182 Å². The Bertz CT molecular complexity index is 622. The number of rotatable bonds is 10. The van der Waals surface area contributed by atoms with Gasteiger partial charge in [-0.2, -0.15) is 0 Å². The van der Waals surface area contributed by atoms with E-state index in [1.165, 1.54) is 0 Å². The van der Waals surface area contributed by atoms with Crippen molar-refractivity contribution in [2.45, 2.75) is 94.2 Å². The van der Waals surface area contributed by atoms with Gasteiger partial charge in [0.1, 0.15) is 24.1 Å². The van der Waals surface area contributed by atoms with Gasteiger partial charge in [0.25, 0.3) is 0 Å². The molecule has 0 amide bonds. The van der Waals surface area contributed by atoms with Crippen LogP contribution in [0.2, 0.25) is 0 Å². The molecule has 3 rings (SSSR count). The number of halogens is 1. The second kappa shape index (κ2) is 9.38. The van der Waals surface area contributed by atoms with Crippen LogP contribution in [0.15, 0.2) is 0 Å². The van der Waals surface area contributed by atoms with E-state index in [-0.39, 0.29) is 48.8 Å². The molecule has 0 aromatic carbocycles. The van der Waals surface area contributed by atoms with Crippen LogP contribution in [0, 0.1) is 5.92 Å². The zero-order chi connectivity index (χ0) is 22.1. The first-order chi connectivity index (χ1) is 14.1. The molecule has 0 aromatic heterocycles. The fourth-order valence-corrected chi connectivity index (χ4v) is 4.79. The number of carbonyl (C=O) groups excluding carboxylic acids is 2. The van der Waals surface area contributed by atoms with Crippen molar-refractivity contribution in [1.82, 2.24) is 0 Å². The quantitative estimate of drug-likeness (QED) is 0.372. The predicted molar refractivity (Wildman–Crippen MR) is 107 cm³/mol. The maximum absolute atomic E-state index is 12.6. The minimum Gasteiger partial charge on any atom is -0.459 e. The fraction of sp³-hybridized carbons (Fsp3) is 0.905. The summed E-state index contributed by atoms with van der Waals surface area (Å²) in [4.78, 5) is 24.1. The van der Waals surface area contributed by atoms with E-state index in [1.807, 2.05) is 20.8 Å². The lowest BCUT2D eigenvalue weighted by atomic mass is 9.90. The summed E-state index contributed by atoms with van der Waals surface area (Å²) in [6.45, 7) is 6.02. The molecule has 3 aliphatic rings. The van der Waals surface area contributed by atoms with Crippen molar-refractivity contribution in [2.75, 3.05) is 20.8 Å². The third-order valence-electron chi connectivity index (χ3n) is 6.33. The Morgan fingerprint density at radius 1 is 1.27 bits per heavy atom. The van der Waals surface area contributed by atoms with E-state index in [4.69, 9.17) is 40.0 Å². The van der Waals surface area contributed by atoms with E-state index < -0.39 is 23.1 Å². The Kier molecular flexibility index (Phi) is 7.47. The summed E-state index contributed by atoms with van der Waals surface area (Å²) >= 11 is 6.54. The zero-order valence-electron chi connectivity index (χ0n) is 18.4. The molecule has 3 fully saturated rings. The topological polar surface area (TPSA) is 89.5 Å². The van der Waals surface area contributed by atoms with Crippen molar-refractivity contribution in [3.8, 4) is 0 Å². The monoisotopic (exact) mass is 448 g/mol. The molecular formula is C21H33ClO8. The van der Waals surface area contributed by atoms with Crippen molar-refractivity contribution in [1.29, 1.82) is 0 Å². The van der Waals surface area contributed by atoms with Crippen LogP contribution < -0.4 is 0 Å². The molecule has 3 aliphatic heterocycles. The first-order valence-corrected chi connectivity index (χ1v) is 11.0. The molecule has 0 radical (unpaired) electrons. The summed E-state index contributed by atoms with van der Waals surface area (Å²) in [7, 11) is 3.13. The number of alkyl halides is 1. The van der Waals surface area contributed by atoms with Crippen LogP contribution in [0.25, 0.3) is 0 Å². The van der Waals surface area contributed by atoms with Crippen LogP contribution in [0.4, 0.5) is 0 Å². The molecule has 8 nitrogen and oxygen atoms in total. The highest BCUT2D eigenvalue weighted by atomic mass is 35.5. The Morgan fingerprint density at radius 3 is 2.57 bits per heavy atom. The summed E-state index contributed by atoms with van der Waals surface area (Å²) in [5, 5.41) is -0.490. The van der Waals surface area contributed by atoms with Crippen LogP contribution in [0.3, 0.4) is 0 Å². The molecule has 0 spiro atoms. The molecule has 0 bridgehead atoms. The van der Waals surface area contributed by atoms with Gasteiger partial charge in [0.2, 0.25) is 0 Å². The number of fused-ring (bicyclic) bond motifs is 1. The van der Waals surface area contributed by atoms with Crippen molar-refractivity contribution >= 4 is 23.4 Å². The number of ketones is 1. The number of hydrogen-bond acceptors (Lipinski definition) is 8. The van der Waals surface area contributed by atoms with E-state index in [1.54, 1.807) is 14.2 Å². The van der Waals surface area contributed by atoms with Gasteiger partial charge in [0, 0.05) is 39.4 Å². The van der Waals surface area contributed by atoms with Crippen LogP contribution in [0.1, 0.15) is 52.9 Å². The van der Waals surface area contributed by atoms with Crippen LogP contribution in [-0.2, 0) is 38.0 Å². The lowest BCUT2D eigenvalue weighted by Gasteiger charge is -2.34. The molecule has 0 aromatic rings. The molecule has 9 heteroatoms. The summed E-state index contributed by atoms with van der Waals surface area (Å²) in [6.07, 6.45) is 0.514. The van der Waals surface area contributed by atoms with Gasteiger partial charge in [0.05, 0.1) is 24.5 Å². The third kappa shape index (κ3) is 5.16. The Balaban J connectivity index is 1.49. The summed E-state index contributed by atoms with van der Waals surface area (Å²) in [5.74, 6) is -1.76. The molecule has 3 heterocycles. The van der Waals surface area contributed by atoms with Gasteiger partial charge in [-0.05, 0) is 20.3 Å². The number of ether oxygens (including phenoxy) is 6. The van der Waals surface area contributed by atoms with Gasteiger partial charge in [-0.15, -0.1) is 11.6 Å². The predicted octanol–water partition coefficient (Wildman–Crippen LogP) is 2.58. The van der Waals surface area contributed by atoms with Gasteiger partial charge in [0.15, 0.2) is 11.6 Å².